The van der Waals surface area contributed by atoms with E-state index in [0.29, 0.717) is 5.92 Å². The molecular formula is C29H23NO2. The average molecular weight is 418 g/mol. The number of furan rings is 2. The summed E-state index contributed by atoms with van der Waals surface area (Å²) in [4.78, 5) is 4.65. The topological polar surface area (TPSA) is 39.2 Å². The van der Waals surface area contributed by atoms with E-state index < -0.39 is 0 Å². The van der Waals surface area contributed by atoms with E-state index in [1.807, 2.05) is 24.4 Å². The number of pyridine rings is 1. The van der Waals surface area contributed by atoms with Crippen LogP contribution in [0, 0.1) is 6.92 Å². The van der Waals surface area contributed by atoms with E-state index in [-0.39, 0.29) is 0 Å². The van der Waals surface area contributed by atoms with Crippen LogP contribution in [0.1, 0.15) is 30.9 Å². The molecule has 0 unspecified atom stereocenters. The fraction of sp³-hybridized carbons (Fsp3) is 0.138. The van der Waals surface area contributed by atoms with Gasteiger partial charge in [-0.05, 0) is 48.7 Å². The standard InChI is InChI=1S/C29H23NO2/c1-17(2)20-14-15-30-25(16-20)24-11-7-10-22-23-13-12-21-18(3)26(19-8-5-4-6-9-19)31-28(21)29(23)32-27(22)24/h4-17H,1-3H3. The van der Waals surface area contributed by atoms with Crippen LogP contribution in [-0.4, -0.2) is 4.98 Å². The highest BCUT2D eigenvalue weighted by molar-refractivity contribution is 6.16. The Bertz CT molecular complexity index is 1600. The van der Waals surface area contributed by atoms with Gasteiger partial charge in [-0.1, -0.05) is 56.3 Å². The normalized spacial score (nSPS) is 11.9. The van der Waals surface area contributed by atoms with Crippen molar-refractivity contribution in [3.8, 4) is 22.6 Å². The second kappa shape index (κ2) is 7.10. The molecule has 0 saturated heterocycles. The monoisotopic (exact) mass is 417 g/mol. The van der Waals surface area contributed by atoms with Crippen molar-refractivity contribution in [1.82, 2.24) is 4.98 Å². The zero-order chi connectivity index (χ0) is 21.8. The second-order valence-electron chi connectivity index (χ2n) is 8.65. The Morgan fingerprint density at radius 2 is 1.47 bits per heavy atom. The summed E-state index contributed by atoms with van der Waals surface area (Å²) in [7, 11) is 0. The van der Waals surface area contributed by atoms with Crippen molar-refractivity contribution in [2.75, 3.05) is 0 Å². The second-order valence-corrected chi connectivity index (χ2v) is 8.65. The Morgan fingerprint density at radius 3 is 2.28 bits per heavy atom. The largest absolute Gasteiger partial charge is 0.452 e. The molecule has 0 amide bonds. The van der Waals surface area contributed by atoms with Gasteiger partial charge in [-0.15, -0.1) is 0 Å². The molecule has 0 N–H and O–H groups in total. The summed E-state index contributed by atoms with van der Waals surface area (Å²) in [6.07, 6.45) is 1.88. The van der Waals surface area contributed by atoms with E-state index in [1.54, 1.807) is 0 Å². The van der Waals surface area contributed by atoms with Crippen molar-refractivity contribution in [2.24, 2.45) is 0 Å². The van der Waals surface area contributed by atoms with Crippen molar-refractivity contribution >= 4 is 32.9 Å². The van der Waals surface area contributed by atoms with Gasteiger partial charge in [0.25, 0.3) is 0 Å². The first-order valence-corrected chi connectivity index (χ1v) is 11.0. The van der Waals surface area contributed by atoms with E-state index in [0.717, 1.165) is 61.1 Å². The lowest BCUT2D eigenvalue weighted by atomic mass is 10.0. The van der Waals surface area contributed by atoms with Gasteiger partial charge in [0.2, 0.25) is 0 Å². The van der Waals surface area contributed by atoms with Gasteiger partial charge in [0.05, 0.1) is 5.69 Å². The Balaban J connectivity index is 1.63. The highest BCUT2D eigenvalue weighted by Crippen LogP contribution is 2.42. The van der Waals surface area contributed by atoms with Gasteiger partial charge in [-0.25, -0.2) is 0 Å². The molecule has 0 radical (unpaired) electrons. The van der Waals surface area contributed by atoms with Crippen LogP contribution in [0.2, 0.25) is 0 Å². The molecule has 3 nitrogen and oxygen atoms in total. The highest BCUT2D eigenvalue weighted by atomic mass is 16.4. The summed E-state index contributed by atoms with van der Waals surface area (Å²) < 4.78 is 12.9. The zero-order valence-corrected chi connectivity index (χ0v) is 18.3. The molecule has 0 fully saturated rings. The van der Waals surface area contributed by atoms with Gasteiger partial charge in [0.15, 0.2) is 11.2 Å². The molecule has 6 aromatic rings. The molecule has 0 spiro atoms. The van der Waals surface area contributed by atoms with Crippen molar-refractivity contribution in [2.45, 2.75) is 26.7 Å². The fourth-order valence-corrected chi connectivity index (χ4v) is 4.55. The molecular weight excluding hydrogens is 394 g/mol. The molecule has 3 heteroatoms. The predicted molar refractivity (Wildman–Crippen MR) is 131 cm³/mol. The Hall–Kier alpha value is -3.85. The first-order valence-electron chi connectivity index (χ1n) is 11.0. The van der Waals surface area contributed by atoms with Crippen LogP contribution < -0.4 is 0 Å². The molecule has 3 aromatic heterocycles. The third-order valence-corrected chi connectivity index (χ3v) is 6.33. The summed E-state index contributed by atoms with van der Waals surface area (Å²) >= 11 is 0. The number of para-hydroxylation sites is 1. The van der Waals surface area contributed by atoms with E-state index in [2.05, 4.69) is 80.4 Å². The smallest absolute Gasteiger partial charge is 0.178 e. The Kier molecular flexibility index (Phi) is 4.19. The minimum atomic E-state index is 0.439. The molecule has 0 bridgehead atoms. The van der Waals surface area contributed by atoms with Gasteiger partial charge >= 0.3 is 0 Å². The van der Waals surface area contributed by atoms with Crippen molar-refractivity contribution < 1.29 is 8.83 Å². The van der Waals surface area contributed by atoms with E-state index >= 15 is 0 Å². The lowest BCUT2D eigenvalue weighted by Crippen LogP contribution is -1.90. The molecule has 0 aliphatic heterocycles. The van der Waals surface area contributed by atoms with Crippen molar-refractivity contribution in [1.29, 1.82) is 0 Å². The molecule has 32 heavy (non-hydrogen) atoms. The van der Waals surface area contributed by atoms with Gasteiger partial charge < -0.3 is 8.83 Å². The minimum absolute atomic E-state index is 0.439. The summed E-state index contributed by atoms with van der Waals surface area (Å²) in [5.74, 6) is 1.33. The Morgan fingerprint density at radius 1 is 0.719 bits per heavy atom. The number of hydrogen-bond donors (Lipinski definition) is 0. The number of benzene rings is 3. The molecule has 0 aliphatic rings. The maximum atomic E-state index is 6.52. The lowest BCUT2D eigenvalue weighted by Gasteiger charge is -2.07. The minimum Gasteiger partial charge on any atom is -0.452 e. The number of rotatable bonds is 3. The number of aryl methyl sites for hydroxylation is 1. The van der Waals surface area contributed by atoms with Crippen LogP contribution >= 0.6 is 0 Å². The van der Waals surface area contributed by atoms with E-state index in [4.69, 9.17) is 8.83 Å². The third-order valence-electron chi connectivity index (χ3n) is 6.33. The van der Waals surface area contributed by atoms with Crippen molar-refractivity contribution in [3.05, 3.63) is 90.1 Å². The summed E-state index contributed by atoms with van der Waals surface area (Å²) in [6, 6.07) is 25.0. The molecule has 156 valence electrons. The maximum Gasteiger partial charge on any atom is 0.178 e. The predicted octanol–water partition coefficient (Wildman–Crippen LogP) is 8.49. The van der Waals surface area contributed by atoms with Crippen LogP contribution in [0.3, 0.4) is 0 Å². The summed E-state index contributed by atoms with van der Waals surface area (Å²) in [6.45, 7) is 6.50. The van der Waals surface area contributed by atoms with Gasteiger partial charge in [-0.2, -0.15) is 0 Å². The number of aromatic nitrogens is 1. The van der Waals surface area contributed by atoms with Crippen molar-refractivity contribution in [3.63, 3.8) is 0 Å². The van der Waals surface area contributed by atoms with Gasteiger partial charge in [-0.3, -0.25) is 4.98 Å². The summed E-state index contributed by atoms with van der Waals surface area (Å²) in [5, 5.41) is 3.21. The lowest BCUT2D eigenvalue weighted by molar-refractivity contribution is 0.610. The van der Waals surface area contributed by atoms with Gasteiger partial charge in [0.1, 0.15) is 11.3 Å². The third kappa shape index (κ3) is 2.78. The van der Waals surface area contributed by atoms with Crippen LogP contribution in [0.5, 0.6) is 0 Å². The molecule has 0 aliphatic carbocycles. The number of hydrogen-bond acceptors (Lipinski definition) is 3. The van der Waals surface area contributed by atoms with Crippen LogP contribution in [0.25, 0.3) is 55.5 Å². The van der Waals surface area contributed by atoms with E-state index in [9.17, 15) is 0 Å². The van der Waals surface area contributed by atoms with E-state index in [1.165, 1.54) is 5.56 Å². The fourth-order valence-electron chi connectivity index (χ4n) is 4.55. The first kappa shape index (κ1) is 18.9. The van der Waals surface area contributed by atoms with Crippen LogP contribution in [-0.2, 0) is 0 Å². The SMILES string of the molecule is Cc1c(-c2ccccc2)oc2c1ccc1c3cccc(-c4cc(C(C)C)ccn4)c3oc12. The first-order chi connectivity index (χ1) is 15.6. The highest BCUT2D eigenvalue weighted by Gasteiger charge is 2.20. The molecule has 3 aromatic carbocycles. The zero-order valence-electron chi connectivity index (χ0n) is 18.3. The van der Waals surface area contributed by atoms with Gasteiger partial charge in [0, 0.05) is 39.0 Å². The molecule has 0 saturated carbocycles. The molecule has 0 atom stereocenters. The average Bonchev–Trinajstić information content (AvgIpc) is 3.37. The molecule has 3 heterocycles. The maximum absolute atomic E-state index is 6.52. The van der Waals surface area contributed by atoms with Crippen LogP contribution in [0.4, 0.5) is 0 Å². The Labute approximate surface area is 186 Å². The molecule has 6 rings (SSSR count). The quantitative estimate of drug-likeness (QED) is 0.290. The number of fused-ring (bicyclic) bond motifs is 5. The van der Waals surface area contributed by atoms with Crippen LogP contribution in [0.15, 0.2) is 87.8 Å². The summed E-state index contributed by atoms with van der Waals surface area (Å²) in [5.41, 5.74) is 7.82. The number of nitrogens with zero attached hydrogens (tertiary/aromatic N) is 1.